The predicted molar refractivity (Wildman–Crippen MR) is 73.7 cm³/mol. The van der Waals surface area contributed by atoms with E-state index in [0.717, 1.165) is 0 Å². The quantitative estimate of drug-likeness (QED) is 0.296. The summed E-state index contributed by atoms with van der Waals surface area (Å²) in [5, 5.41) is 43.4. The first-order valence-electron chi connectivity index (χ1n) is 6.76. The Morgan fingerprint density at radius 2 is 1.62 bits per heavy atom. The van der Waals surface area contributed by atoms with Crippen LogP contribution in [0.5, 0.6) is 0 Å². The molecule has 132 valence electrons. The number of carboxylic acids is 3. The number of H-pyrrole nitrogens is 1. The standard InChI is InChI=1S/C11H16N6O7/c18-7(19)3-1-5(9-14-16-17-15-9)12-11(24)13-6(10(22)23)2-4-8(20)21/h5-6H,1-4H2,(H,18,19)(H,20,21)(H,22,23)(H2,12,13,24)(H,14,15,16,17)/t5-,6-/m0/s1. The molecule has 0 bridgehead atoms. The zero-order chi connectivity index (χ0) is 18.1. The lowest BCUT2D eigenvalue weighted by molar-refractivity contribution is -0.140. The number of carbonyl (C=O) groups is 4. The third kappa shape index (κ3) is 6.67. The van der Waals surface area contributed by atoms with Crippen molar-refractivity contribution in [3.8, 4) is 0 Å². The molecule has 0 aliphatic rings. The van der Waals surface area contributed by atoms with E-state index in [1.165, 1.54) is 0 Å². The molecule has 6 N–H and O–H groups in total. The molecule has 0 radical (unpaired) electrons. The molecular weight excluding hydrogens is 328 g/mol. The highest BCUT2D eigenvalue weighted by Crippen LogP contribution is 2.13. The first-order chi connectivity index (χ1) is 11.3. The largest absolute Gasteiger partial charge is 0.481 e. The molecule has 13 heteroatoms. The molecule has 2 amide bonds. The number of carboxylic acid groups (broad SMARTS) is 3. The number of nitrogens with one attached hydrogen (secondary N) is 3. The van der Waals surface area contributed by atoms with Crippen LogP contribution in [0.4, 0.5) is 4.79 Å². The van der Waals surface area contributed by atoms with E-state index in [1.807, 2.05) is 0 Å². The summed E-state index contributed by atoms with van der Waals surface area (Å²) in [5.74, 6) is -3.66. The Morgan fingerprint density at radius 3 is 2.12 bits per heavy atom. The number of aliphatic carboxylic acids is 3. The van der Waals surface area contributed by atoms with Gasteiger partial charge in [0, 0.05) is 12.8 Å². The van der Waals surface area contributed by atoms with Crippen LogP contribution in [-0.2, 0) is 14.4 Å². The monoisotopic (exact) mass is 344 g/mol. The number of carbonyl (C=O) groups excluding carboxylic acids is 1. The van der Waals surface area contributed by atoms with Gasteiger partial charge in [-0.3, -0.25) is 9.59 Å². The molecule has 1 heterocycles. The topological polar surface area (TPSA) is 207 Å². The van der Waals surface area contributed by atoms with Crippen LogP contribution >= 0.6 is 0 Å². The summed E-state index contributed by atoms with van der Waals surface area (Å²) in [4.78, 5) is 44.1. The lowest BCUT2D eigenvalue weighted by atomic mass is 10.1. The summed E-state index contributed by atoms with van der Waals surface area (Å²) in [6, 6.07) is -3.24. The highest BCUT2D eigenvalue weighted by atomic mass is 16.4. The van der Waals surface area contributed by atoms with Crippen molar-refractivity contribution in [3.63, 3.8) is 0 Å². The third-order valence-electron chi connectivity index (χ3n) is 2.88. The second kappa shape index (κ2) is 9.02. The molecule has 0 aliphatic carbocycles. The summed E-state index contributed by atoms with van der Waals surface area (Å²) in [5.41, 5.74) is 0. The molecule has 0 aliphatic heterocycles. The molecule has 24 heavy (non-hydrogen) atoms. The summed E-state index contributed by atoms with van der Waals surface area (Å²) in [6.07, 6.45) is -1.08. The highest BCUT2D eigenvalue weighted by molar-refractivity contribution is 5.83. The molecular formula is C11H16N6O7. The Morgan fingerprint density at radius 1 is 1.00 bits per heavy atom. The third-order valence-corrected chi connectivity index (χ3v) is 2.88. The van der Waals surface area contributed by atoms with Gasteiger partial charge in [0.15, 0.2) is 5.82 Å². The normalized spacial score (nSPS) is 12.8. The van der Waals surface area contributed by atoms with Crippen LogP contribution in [0.3, 0.4) is 0 Å². The van der Waals surface area contributed by atoms with Crippen molar-refractivity contribution in [1.29, 1.82) is 0 Å². The van der Waals surface area contributed by atoms with Gasteiger partial charge in [0.05, 0.1) is 6.04 Å². The van der Waals surface area contributed by atoms with Crippen LogP contribution in [-0.4, -0.2) is 65.9 Å². The van der Waals surface area contributed by atoms with E-state index in [2.05, 4.69) is 31.3 Å². The lowest BCUT2D eigenvalue weighted by Crippen LogP contribution is -2.47. The van der Waals surface area contributed by atoms with E-state index in [-0.39, 0.29) is 25.1 Å². The van der Waals surface area contributed by atoms with Crippen LogP contribution in [0.15, 0.2) is 0 Å². The number of hydrogen-bond acceptors (Lipinski definition) is 7. The maximum atomic E-state index is 11.9. The number of hydrogen-bond donors (Lipinski definition) is 6. The molecule has 2 atom stereocenters. The van der Waals surface area contributed by atoms with Gasteiger partial charge < -0.3 is 26.0 Å². The average Bonchev–Trinajstić information content (AvgIpc) is 3.01. The van der Waals surface area contributed by atoms with Gasteiger partial charge in [0.25, 0.3) is 0 Å². The first kappa shape index (κ1) is 18.8. The second-order valence-corrected chi connectivity index (χ2v) is 4.70. The fourth-order valence-corrected chi connectivity index (χ4v) is 1.73. The van der Waals surface area contributed by atoms with Crippen LogP contribution in [0.25, 0.3) is 0 Å². The minimum atomic E-state index is -1.41. The molecule has 1 aromatic rings. The fourth-order valence-electron chi connectivity index (χ4n) is 1.73. The molecule has 0 fully saturated rings. The van der Waals surface area contributed by atoms with Gasteiger partial charge >= 0.3 is 23.9 Å². The van der Waals surface area contributed by atoms with Gasteiger partial charge in [0.1, 0.15) is 6.04 Å². The minimum absolute atomic E-state index is 0.0313. The maximum Gasteiger partial charge on any atom is 0.326 e. The van der Waals surface area contributed by atoms with Crippen molar-refractivity contribution in [2.45, 2.75) is 37.8 Å². The predicted octanol–water partition coefficient (Wildman–Crippen LogP) is -1.28. The van der Waals surface area contributed by atoms with Gasteiger partial charge in [-0.15, -0.1) is 10.2 Å². The Kier molecular flexibility index (Phi) is 7.06. The fraction of sp³-hybridized carbons (Fsp3) is 0.545. The van der Waals surface area contributed by atoms with Gasteiger partial charge in [-0.1, -0.05) is 5.21 Å². The zero-order valence-electron chi connectivity index (χ0n) is 12.3. The summed E-state index contributed by atoms with van der Waals surface area (Å²) >= 11 is 0. The maximum absolute atomic E-state index is 11.9. The van der Waals surface area contributed by atoms with Crippen LogP contribution in [0.2, 0.25) is 0 Å². The number of aromatic nitrogens is 4. The van der Waals surface area contributed by atoms with Crippen molar-refractivity contribution in [1.82, 2.24) is 31.3 Å². The average molecular weight is 344 g/mol. The lowest BCUT2D eigenvalue weighted by Gasteiger charge is -2.18. The SMILES string of the molecule is O=C(O)CC[C@H](NC(=O)N[C@@H](CCC(=O)O)c1nn[nH]n1)C(=O)O. The van der Waals surface area contributed by atoms with Gasteiger partial charge in [-0.05, 0) is 12.8 Å². The van der Waals surface area contributed by atoms with Crippen molar-refractivity contribution < 1.29 is 34.5 Å². The molecule has 0 spiro atoms. The highest BCUT2D eigenvalue weighted by Gasteiger charge is 2.24. The van der Waals surface area contributed by atoms with Gasteiger partial charge in [0.2, 0.25) is 0 Å². The van der Waals surface area contributed by atoms with Gasteiger partial charge in [-0.25, -0.2) is 9.59 Å². The smallest absolute Gasteiger partial charge is 0.326 e. The van der Waals surface area contributed by atoms with Crippen LogP contribution in [0, 0.1) is 0 Å². The molecule has 0 saturated carbocycles. The van der Waals surface area contributed by atoms with E-state index < -0.39 is 42.4 Å². The van der Waals surface area contributed by atoms with Crippen LogP contribution < -0.4 is 10.6 Å². The Labute approximate surface area is 134 Å². The number of amides is 2. The summed E-state index contributed by atoms with van der Waals surface area (Å²) < 4.78 is 0. The van der Waals surface area contributed by atoms with E-state index in [4.69, 9.17) is 15.3 Å². The van der Waals surface area contributed by atoms with Crippen molar-refractivity contribution in [2.75, 3.05) is 0 Å². The van der Waals surface area contributed by atoms with Crippen LogP contribution in [0.1, 0.15) is 37.5 Å². The first-order valence-corrected chi connectivity index (χ1v) is 6.76. The number of nitrogens with zero attached hydrogens (tertiary/aromatic N) is 3. The van der Waals surface area contributed by atoms with Gasteiger partial charge in [-0.2, -0.15) is 5.21 Å². The zero-order valence-corrected chi connectivity index (χ0v) is 12.3. The molecule has 1 aromatic heterocycles. The van der Waals surface area contributed by atoms with E-state index in [9.17, 15) is 19.2 Å². The van der Waals surface area contributed by atoms with Crippen molar-refractivity contribution in [3.05, 3.63) is 5.82 Å². The number of rotatable bonds is 10. The number of urea groups is 1. The van der Waals surface area contributed by atoms with Crippen molar-refractivity contribution in [2.24, 2.45) is 0 Å². The second-order valence-electron chi connectivity index (χ2n) is 4.70. The number of aromatic amines is 1. The Balaban J connectivity index is 2.66. The molecule has 0 aromatic carbocycles. The molecule has 0 saturated heterocycles. The Hall–Kier alpha value is -3.25. The van der Waals surface area contributed by atoms with Crippen molar-refractivity contribution >= 4 is 23.9 Å². The summed E-state index contributed by atoms with van der Waals surface area (Å²) in [7, 11) is 0. The molecule has 0 unspecified atom stereocenters. The van der Waals surface area contributed by atoms with E-state index >= 15 is 0 Å². The summed E-state index contributed by atoms with van der Waals surface area (Å²) in [6.45, 7) is 0. The Bertz CT molecular complexity index is 590. The minimum Gasteiger partial charge on any atom is -0.481 e. The van der Waals surface area contributed by atoms with E-state index in [1.54, 1.807) is 0 Å². The molecule has 1 rings (SSSR count). The molecule has 13 nitrogen and oxygen atoms in total. The number of tetrazole rings is 1. The van der Waals surface area contributed by atoms with E-state index in [0.29, 0.717) is 0 Å².